The molecule has 0 radical (unpaired) electrons. The molecule has 4 heteroatoms. The topological polar surface area (TPSA) is 39.2 Å². The molecule has 0 aliphatic heterocycles. The van der Waals surface area contributed by atoms with Gasteiger partial charge in [0, 0.05) is 18.2 Å². The van der Waals surface area contributed by atoms with Crippen LogP contribution < -0.4 is 4.74 Å². The molecular formula is C14H13NO2S. The highest BCUT2D eigenvalue weighted by Gasteiger charge is 2.17. The van der Waals surface area contributed by atoms with Crippen LogP contribution in [0.3, 0.4) is 0 Å². The monoisotopic (exact) mass is 259 g/mol. The van der Waals surface area contributed by atoms with Crippen LogP contribution in [0, 0.1) is 0 Å². The zero-order chi connectivity index (χ0) is 12.4. The van der Waals surface area contributed by atoms with Crippen molar-refractivity contribution in [2.24, 2.45) is 0 Å². The molecule has 1 aliphatic carbocycles. The fourth-order valence-electron chi connectivity index (χ4n) is 2.16. The number of Topliss-reactive ketones (excluding diaryl/α,β-unsaturated/α-hetero) is 1. The highest BCUT2D eigenvalue weighted by atomic mass is 32.1. The molecule has 2 aromatic rings. The first-order valence-electron chi connectivity index (χ1n) is 5.99. The minimum Gasteiger partial charge on any atom is -0.488 e. The molecular weight excluding hydrogens is 246 g/mol. The van der Waals surface area contributed by atoms with Gasteiger partial charge < -0.3 is 4.74 Å². The first-order valence-corrected chi connectivity index (χ1v) is 6.87. The predicted octanol–water partition coefficient (Wildman–Crippen LogP) is 3.24. The van der Waals surface area contributed by atoms with Crippen LogP contribution in [-0.4, -0.2) is 10.8 Å². The summed E-state index contributed by atoms with van der Waals surface area (Å²) in [5.41, 5.74) is 3.77. The lowest BCUT2D eigenvalue weighted by atomic mass is 9.90. The van der Waals surface area contributed by atoms with Gasteiger partial charge in [0.25, 0.3) is 0 Å². The summed E-state index contributed by atoms with van der Waals surface area (Å²) in [6.45, 7) is 0.512. The quantitative estimate of drug-likeness (QED) is 0.849. The summed E-state index contributed by atoms with van der Waals surface area (Å²) >= 11 is 1.57. The first kappa shape index (κ1) is 11.4. The fourth-order valence-corrected chi connectivity index (χ4v) is 2.67. The third-order valence-electron chi connectivity index (χ3n) is 3.10. The Morgan fingerprint density at radius 2 is 2.28 bits per heavy atom. The number of thiazole rings is 1. The number of benzene rings is 1. The maximum absolute atomic E-state index is 11.8. The predicted molar refractivity (Wildman–Crippen MR) is 70.2 cm³/mol. The van der Waals surface area contributed by atoms with E-state index in [9.17, 15) is 4.79 Å². The number of aryl methyl sites for hydroxylation is 1. The van der Waals surface area contributed by atoms with Gasteiger partial charge in [0.1, 0.15) is 12.4 Å². The molecule has 0 bridgehead atoms. The van der Waals surface area contributed by atoms with E-state index in [0.717, 1.165) is 34.6 Å². The molecule has 1 aliphatic rings. The van der Waals surface area contributed by atoms with Crippen molar-refractivity contribution in [3.05, 3.63) is 45.9 Å². The van der Waals surface area contributed by atoms with Crippen molar-refractivity contribution < 1.29 is 9.53 Å². The van der Waals surface area contributed by atoms with Crippen molar-refractivity contribution in [2.45, 2.75) is 25.9 Å². The molecule has 0 fully saturated rings. The Bertz CT molecular complexity index is 563. The molecule has 0 unspecified atom stereocenters. The zero-order valence-corrected chi connectivity index (χ0v) is 10.7. The number of nitrogens with zero attached hydrogens (tertiary/aromatic N) is 1. The summed E-state index contributed by atoms with van der Waals surface area (Å²) in [5, 5.41) is 0. The summed E-state index contributed by atoms with van der Waals surface area (Å²) in [6.07, 6.45) is 4.42. The Labute approximate surface area is 109 Å². The highest BCUT2D eigenvalue weighted by Crippen LogP contribution is 2.26. The van der Waals surface area contributed by atoms with Gasteiger partial charge in [-0.05, 0) is 30.5 Å². The van der Waals surface area contributed by atoms with Crippen molar-refractivity contribution in [2.75, 3.05) is 0 Å². The fraction of sp³-hybridized carbons (Fsp3) is 0.286. The summed E-state index contributed by atoms with van der Waals surface area (Å²) in [5.74, 6) is 0.997. The summed E-state index contributed by atoms with van der Waals surface area (Å²) in [7, 11) is 0. The molecule has 18 heavy (non-hydrogen) atoms. The Hall–Kier alpha value is -1.68. The number of ketones is 1. The maximum Gasteiger partial charge on any atom is 0.163 e. The molecule has 92 valence electrons. The van der Waals surface area contributed by atoms with Gasteiger partial charge in [-0.25, -0.2) is 0 Å². The van der Waals surface area contributed by atoms with Crippen LogP contribution in [0.5, 0.6) is 5.75 Å². The molecule has 0 saturated heterocycles. The number of aromatic nitrogens is 1. The van der Waals surface area contributed by atoms with E-state index in [1.807, 2.05) is 18.2 Å². The minimum absolute atomic E-state index is 0.236. The van der Waals surface area contributed by atoms with Gasteiger partial charge in [0.2, 0.25) is 0 Å². The number of carbonyl (C=O) groups excluding carboxylic acids is 1. The Kier molecular flexibility index (Phi) is 3.11. The summed E-state index contributed by atoms with van der Waals surface area (Å²) in [6, 6.07) is 5.82. The average molecular weight is 259 g/mol. The third kappa shape index (κ3) is 2.29. The van der Waals surface area contributed by atoms with Gasteiger partial charge in [-0.3, -0.25) is 9.78 Å². The lowest BCUT2D eigenvalue weighted by Crippen LogP contribution is -2.10. The van der Waals surface area contributed by atoms with Crippen LogP contribution in [0.4, 0.5) is 0 Å². The number of carbonyl (C=O) groups is 1. The molecule has 1 heterocycles. The Morgan fingerprint density at radius 1 is 1.33 bits per heavy atom. The van der Waals surface area contributed by atoms with Crippen LogP contribution >= 0.6 is 11.3 Å². The van der Waals surface area contributed by atoms with Crippen molar-refractivity contribution in [3.8, 4) is 5.75 Å². The molecule has 1 aromatic heterocycles. The standard InChI is InChI=1S/C14H13NO2S/c16-14-3-1-2-10-4-5-11(6-13(10)14)17-8-12-7-15-9-18-12/h4-7,9H,1-3,8H2. The van der Waals surface area contributed by atoms with Crippen LogP contribution in [0.2, 0.25) is 0 Å². The van der Waals surface area contributed by atoms with Crippen LogP contribution in [0.25, 0.3) is 0 Å². The Morgan fingerprint density at radius 3 is 3.11 bits per heavy atom. The van der Waals surface area contributed by atoms with E-state index in [2.05, 4.69) is 4.98 Å². The maximum atomic E-state index is 11.8. The summed E-state index contributed by atoms with van der Waals surface area (Å²) < 4.78 is 5.68. The number of rotatable bonds is 3. The molecule has 3 rings (SSSR count). The largest absolute Gasteiger partial charge is 0.488 e. The second-order valence-corrected chi connectivity index (χ2v) is 5.32. The van der Waals surface area contributed by atoms with Gasteiger partial charge >= 0.3 is 0 Å². The smallest absolute Gasteiger partial charge is 0.163 e. The van der Waals surface area contributed by atoms with Crippen LogP contribution in [0.1, 0.15) is 33.6 Å². The second kappa shape index (κ2) is 4.90. The number of hydrogen-bond donors (Lipinski definition) is 0. The lowest BCUT2D eigenvalue weighted by Gasteiger charge is -2.15. The molecule has 1 aromatic carbocycles. The van der Waals surface area contributed by atoms with Crippen molar-refractivity contribution in [1.29, 1.82) is 0 Å². The molecule has 0 spiro atoms. The first-order chi connectivity index (χ1) is 8.83. The third-order valence-corrected chi connectivity index (χ3v) is 3.85. The number of hydrogen-bond acceptors (Lipinski definition) is 4. The normalized spacial score (nSPS) is 14.3. The summed E-state index contributed by atoms with van der Waals surface area (Å²) in [4.78, 5) is 16.9. The van der Waals surface area contributed by atoms with Gasteiger partial charge in [-0.15, -0.1) is 11.3 Å². The van der Waals surface area contributed by atoms with E-state index >= 15 is 0 Å². The SMILES string of the molecule is O=C1CCCc2ccc(OCc3cncs3)cc21. The number of fused-ring (bicyclic) bond motifs is 1. The van der Waals surface area contributed by atoms with Crippen molar-refractivity contribution in [1.82, 2.24) is 4.98 Å². The highest BCUT2D eigenvalue weighted by molar-refractivity contribution is 7.09. The van der Waals surface area contributed by atoms with E-state index in [4.69, 9.17) is 4.74 Å². The van der Waals surface area contributed by atoms with E-state index in [-0.39, 0.29) is 5.78 Å². The van der Waals surface area contributed by atoms with E-state index in [0.29, 0.717) is 13.0 Å². The second-order valence-electron chi connectivity index (χ2n) is 4.35. The van der Waals surface area contributed by atoms with E-state index in [1.165, 1.54) is 0 Å². The average Bonchev–Trinajstić information content (AvgIpc) is 2.90. The van der Waals surface area contributed by atoms with Crippen LogP contribution in [0.15, 0.2) is 29.9 Å². The lowest BCUT2D eigenvalue weighted by molar-refractivity contribution is 0.0972. The van der Waals surface area contributed by atoms with E-state index < -0.39 is 0 Å². The molecule has 3 nitrogen and oxygen atoms in total. The van der Waals surface area contributed by atoms with Crippen molar-refractivity contribution in [3.63, 3.8) is 0 Å². The molecule has 0 amide bonds. The Balaban J connectivity index is 1.77. The van der Waals surface area contributed by atoms with Crippen molar-refractivity contribution >= 4 is 17.1 Å². The number of ether oxygens (including phenoxy) is 1. The van der Waals surface area contributed by atoms with Gasteiger partial charge in [0.15, 0.2) is 5.78 Å². The van der Waals surface area contributed by atoms with Gasteiger partial charge in [-0.1, -0.05) is 6.07 Å². The molecule has 0 atom stereocenters. The minimum atomic E-state index is 0.236. The van der Waals surface area contributed by atoms with Crippen LogP contribution in [-0.2, 0) is 13.0 Å². The van der Waals surface area contributed by atoms with Gasteiger partial charge in [-0.2, -0.15) is 0 Å². The molecule has 0 saturated carbocycles. The van der Waals surface area contributed by atoms with E-state index in [1.54, 1.807) is 23.0 Å². The van der Waals surface area contributed by atoms with Gasteiger partial charge in [0.05, 0.1) is 10.4 Å². The zero-order valence-electron chi connectivity index (χ0n) is 9.89. The molecule has 0 N–H and O–H groups in total.